The molecular weight excluding hydrogens is 634 g/mol. The molecule has 2 saturated carbocycles. The van der Waals surface area contributed by atoms with E-state index in [1.54, 1.807) is 0 Å². The van der Waals surface area contributed by atoms with Gasteiger partial charge in [-0.05, 0) is 61.2 Å². The average molecular weight is 694 g/mol. The summed E-state index contributed by atoms with van der Waals surface area (Å²) in [6, 6.07) is -4.08. The summed E-state index contributed by atoms with van der Waals surface area (Å²) in [5.41, 5.74) is -1.42. The molecule has 3 fully saturated rings. The molecule has 2 aliphatic carbocycles. The molecule has 0 spiro atoms. The molecule has 1 aliphatic heterocycles. The maximum absolute atomic E-state index is 14.5. The van der Waals surface area contributed by atoms with Crippen molar-refractivity contribution in [2.24, 2.45) is 28.6 Å². The Morgan fingerprint density at radius 3 is 2.15 bits per heavy atom. The van der Waals surface area contributed by atoms with Crippen LogP contribution in [0.3, 0.4) is 0 Å². The Kier molecular flexibility index (Phi) is 13.4. The fourth-order valence-corrected chi connectivity index (χ4v) is 8.06. The molecule has 0 radical (unpaired) electrons. The molecular formula is C35H59N5O7S. The van der Waals surface area contributed by atoms with Crippen molar-refractivity contribution in [2.45, 2.75) is 130 Å². The Bertz CT molecular complexity index is 1310. The number of hydrogen-bond acceptors (Lipinski definition) is 7. The van der Waals surface area contributed by atoms with E-state index in [1.807, 2.05) is 41.5 Å². The van der Waals surface area contributed by atoms with Crippen LogP contribution in [0.15, 0.2) is 12.7 Å². The molecule has 0 aromatic heterocycles. The van der Waals surface area contributed by atoms with E-state index in [4.69, 9.17) is 0 Å². The number of carbonyl (C=O) groups excluding carboxylic acids is 5. The van der Waals surface area contributed by atoms with Crippen LogP contribution < -0.4 is 20.7 Å². The highest BCUT2D eigenvalue weighted by molar-refractivity contribution is 7.89. The molecule has 12 nitrogen and oxygen atoms in total. The number of rotatable bonds is 16. The van der Waals surface area contributed by atoms with Crippen molar-refractivity contribution in [1.29, 1.82) is 0 Å². The van der Waals surface area contributed by atoms with Crippen molar-refractivity contribution in [3.05, 3.63) is 12.7 Å². The Labute approximate surface area is 287 Å². The minimum absolute atomic E-state index is 0.0220. The van der Waals surface area contributed by atoms with Gasteiger partial charge in [-0.15, -0.1) is 6.58 Å². The third kappa shape index (κ3) is 10.1. The van der Waals surface area contributed by atoms with Gasteiger partial charge >= 0.3 is 0 Å². The molecule has 5 atom stereocenters. The van der Waals surface area contributed by atoms with Gasteiger partial charge in [-0.1, -0.05) is 79.7 Å². The molecule has 0 bridgehead atoms. The lowest BCUT2D eigenvalue weighted by Gasteiger charge is -2.42. The van der Waals surface area contributed by atoms with Crippen molar-refractivity contribution in [3.8, 4) is 0 Å². The fourth-order valence-electron chi connectivity index (χ4n) is 7.15. The van der Waals surface area contributed by atoms with E-state index in [-0.39, 0.29) is 36.6 Å². The summed E-state index contributed by atoms with van der Waals surface area (Å²) >= 11 is 0. The quantitative estimate of drug-likeness (QED) is 0.142. The highest BCUT2D eigenvalue weighted by atomic mass is 32.2. The van der Waals surface area contributed by atoms with Gasteiger partial charge < -0.3 is 20.9 Å². The van der Waals surface area contributed by atoms with E-state index in [2.05, 4.69) is 27.3 Å². The monoisotopic (exact) mass is 693 g/mol. The first kappa shape index (κ1) is 39.6. The van der Waals surface area contributed by atoms with Gasteiger partial charge in [0.2, 0.25) is 33.5 Å². The van der Waals surface area contributed by atoms with E-state index in [0.29, 0.717) is 25.7 Å². The molecule has 4 N–H and O–H groups in total. The van der Waals surface area contributed by atoms with E-state index >= 15 is 0 Å². The molecule has 0 aromatic carbocycles. The predicted octanol–water partition coefficient (Wildman–Crippen LogP) is 2.82. The predicted molar refractivity (Wildman–Crippen MR) is 185 cm³/mol. The highest BCUT2D eigenvalue weighted by Gasteiger charge is 2.49. The maximum Gasteiger partial charge on any atom is 0.289 e. The summed E-state index contributed by atoms with van der Waals surface area (Å²) in [4.78, 5) is 70.0. The van der Waals surface area contributed by atoms with Crippen LogP contribution in [-0.2, 0) is 34.0 Å². The van der Waals surface area contributed by atoms with Crippen molar-refractivity contribution in [3.63, 3.8) is 0 Å². The standard InChI is InChI=1S/C35H59N5O7S/c1-9-19-36-31(43)27(41)25(21-23-14-15-23)37-30(42)26-24(22(3)4)16-20-40(26)33(45)29(34(5,6)7)38-32(44)28(39-48(46,47)10-2)35(8)17-12-11-13-18-35/h9,22-26,28-29,39H,1,10-21H2,2-8H3,(H,36,43)(H,37,42)(H,38,44)/t24-,25?,26+,28-,29-/m1/s1. The van der Waals surface area contributed by atoms with Gasteiger partial charge in [0.25, 0.3) is 5.91 Å². The smallest absolute Gasteiger partial charge is 0.289 e. The zero-order valence-corrected chi connectivity index (χ0v) is 30.8. The maximum atomic E-state index is 14.5. The van der Waals surface area contributed by atoms with Gasteiger partial charge in [-0.2, -0.15) is 0 Å². The second kappa shape index (κ2) is 16.3. The average Bonchev–Trinajstić information content (AvgIpc) is 3.72. The number of ketones is 1. The number of hydrogen-bond donors (Lipinski definition) is 4. The number of nitrogens with one attached hydrogen (secondary N) is 4. The molecule has 48 heavy (non-hydrogen) atoms. The van der Waals surface area contributed by atoms with Crippen LogP contribution in [0.5, 0.6) is 0 Å². The van der Waals surface area contributed by atoms with Crippen LogP contribution in [0.4, 0.5) is 0 Å². The van der Waals surface area contributed by atoms with Gasteiger partial charge in [-0.25, -0.2) is 13.1 Å². The summed E-state index contributed by atoms with van der Waals surface area (Å²) in [6.45, 7) is 16.8. The number of Topliss-reactive ketones (excluding diaryl/α,β-unsaturated/α-hetero) is 1. The van der Waals surface area contributed by atoms with Crippen LogP contribution >= 0.6 is 0 Å². The van der Waals surface area contributed by atoms with Crippen molar-refractivity contribution >= 4 is 39.4 Å². The first-order valence-electron chi connectivity index (χ1n) is 17.7. The molecule has 272 valence electrons. The Balaban J connectivity index is 1.91. The highest BCUT2D eigenvalue weighted by Crippen LogP contribution is 2.40. The van der Waals surface area contributed by atoms with Crippen molar-refractivity contribution < 1.29 is 32.4 Å². The molecule has 3 aliphatic rings. The second-order valence-corrected chi connectivity index (χ2v) is 17.8. The Morgan fingerprint density at radius 1 is 1.00 bits per heavy atom. The second-order valence-electron chi connectivity index (χ2n) is 15.8. The molecule has 3 rings (SSSR count). The molecule has 13 heteroatoms. The first-order valence-corrected chi connectivity index (χ1v) is 19.3. The Hall–Kier alpha value is -2.80. The normalized spacial score (nSPS) is 23.1. The largest absolute Gasteiger partial charge is 0.346 e. The number of carbonyl (C=O) groups is 5. The summed E-state index contributed by atoms with van der Waals surface area (Å²) in [5, 5.41) is 8.27. The minimum atomic E-state index is -3.75. The zero-order valence-electron chi connectivity index (χ0n) is 30.0. The lowest BCUT2D eigenvalue weighted by atomic mass is 9.70. The topological polar surface area (TPSA) is 171 Å². The summed E-state index contributed by atoms with van der Waals surface area (Å²) in [7, 11) is -3.75. The SMILES string of the molecule is C=CCNC(=O)C(=O)C(CC1CC1)NC(=O)[C@@H]1[C@@H](C(C)C)CCN1C(=O)[C@@H](NC(=O)[C@@H](NS(=O)(=O)CC)C1(C)CCCCC1)C(C)(C)C. The van der Waals surface area contributed by atoms with Crippen molar-refractivity contribution in [2.75, 3.05) is 18.8 Å². The third-order valence-electron chi connectivity index (χ3n) is 10.4. The summed E-state index contributed by atoms with van der Waals surface area (Å²) in [5.74, 6) is -3.19. The zero-order chi connectivity index (χ0) is 36.0. The van der Waals surface area contributed by atoms with Gasteiger partial charge in [0, 0.05) is 13.1 Å². The molecule has 4 amide bonds. The van der Waals surface area contributed by atoms with Crippen LogP contribution in [-0.4, -0.2) is 85.7 Å². The van der Waals surface area contributed by atoms with Gasteiger partial charge in [0.15, 0.2) is 0 Å². The van der Waals surface area contributed by atoms with Gasteiger partial charge in [-0.3, -0.25) is 24.0 Å². The first-order chi connectivity index (χ1) is 22.3. The summed E-state index contributed by atoms with van der Waals surface area (Å²) in [6.07, 6.45) is 8.28. The van der Waals surface area contributed by atoms with Crippen LogP contribution in [0.2, 0.25) is 0 Å². The molecule has 1 heterocycles. The molecule has 0 aromatic rings. The van der Waals surface area contributed by atoms with Crippen LogP contribution in [0.1, 0.15) is 106 Å². The van der Waals surface area contributed by atoms with Crippen molar-refractivity contribution in [1.82, 2.24) is 25.6 Å². The van der Waals surface area contributed by atoms with Crippen LogP contribution in [0.25, 0.3) is 0 Å². The summed E-state index contributed by atoms with van der Waals surface area (Å²) < 4.78 is 28.2. The number of likely N-dealkylation sites (tertiary alicyclic amines) is 1. The molecule has 1 saturated heterocycles. The lowest BCUT2D eigenvalue weighted by Crippen LogP contribution is -2.63. The fraction of sp³-hybridized carbons (Fsp3) is 0.800. The number of amides is 4. The van der Waals surface area contributed by atoms with E-state index in [9.17, 15) is 32.4 Å². The number of nitrogens with zero attached hydrogens (tertiary/aromatic N) is 1. The van der Waals surface area contributed by atoms with E-state index < -0.39 is 74.4 Å². The third-order valence-corrected chi connectivity index (χ3v) is 11.8. The van der Waals surface area contributed by atoms with E-state index in [1.165, 1.54) is 17.9 Å². The molecule has 1 unspecified atom stereocenters. The van der Waals surface area contributed by atoms with Crippen LogP contribution in [0, 0.1) is 28.6 Å². The lowest BCUT2D eigenvalue weighted by molar-refractivity contribution is -0.146. The van der Waals surface area contributed by atoms with Gasteiger partial charge in [0.05, 0.1) is 11.8 Å². The van der Waals surface area contributed by atoms with E-state index in [0.717, 1.165) is 32.1 Å². The number of sulfonamides is 1. The van der Waals surface area contributed by atoms with Gasteiger partial charge in [0.1, 0.15) is 18.1 Å². The Morgan fingerprint density at radius 2 is 1.62 bits per heavy atom. The minimum Gasteiger partial charge on any atom is -0.346 e.